The molecule has 0 saturated heterocycles. The van der Waals surface area contributed by atoms with Gasteiger partial charge in [0.25, 0.3) is 0 Å². The predicted molar refractivity (Wildman–Crippen MR) is 71.9 cm³/mol. The van der Waals surface area contributed by atoms with Gasteiger partial charge in [0.1, 0.15) is 0 Å². The van der Waals surface area contributed by atoms with Crippen LogP contribution in [-0.2, 0) is 0 Å². The number of nitrogens with one attached hydrogen (secondary N) is 1. The maximum atomic E-state index is 4.27. The molecule has 0 fully saturated rings. The first kappa shape index (κ1) is 12.3. The summed E-state index contributed by atoms with van der Waals surface area (Å²) >= 11 is 0. The van der Waals surface area contributed by atoms with E-state index in [1.165, 1.54) is 0 Å². The molecule has 0 spiro atoms. The molecule has 2 nitrogen and oxygen atoms in total. The van der Waals surface area contributed by atoms with Crippen LogP contribution in [-0.4, -0.2) is 6.34 Å². The van der Waals surface area contributed by atoms with Crippen LogP contribution >= 0.6 is 12.4 Å². The quantitative estimate of drug-likeness (QED) is 0.630. The van der Waals surface area contributed by atoms with Gasteiger partial charge in [-0.2, -0.15) is 0 Å². The van der Waals surface area contributed by atoms with E-state index in [0.717, 1.165) is 11.4 Å². The van der Waals surface area contributed by atoms with Crippen molar-refractivity contribution in [3.8, 4) is 0 Å². The Balaban J connectivity index is 0.00000128. The van der Waals surface area contributed by atoms with Gasteiger partial charge in [-0.1, -0.05) is 36.4 Å². The summed E-state index contributed by atoms with van der Waals surface area (Å²) in [4.78, 5) is 4.27. The van der Waals surface area contributed by atoms with Gasteiger partial charge in [0, 0.05) is 5.69 Å². The number of halogens is 1. The maximum absolute atomic E-state index is 4.27. The summed E-state index contributed by atoms with van der Waals surface area (Å²) in [5.74, 6) is 0. The average Bonchev–Trinajstić information content (AvgIpc) is 2.32. The van der Waals surface area contributed by atoms with Crippen LogP contribution in [0.15, 0.2) is 65.7 Å². The number of benzene rings is 2. The highest BCUT2D eigenvalue weighted by Crippen LogP contribution is 2.09. The van der Waals surface area contributed by atoms with E-state index in [2.05, 4.69) is 10.3 Å². The molecule has 2 rings (SSSR count). The molecule has 82 valence electrons. The van der Waals surface area contributed by atoms with Crippen LogP contribution in [0, 0.1) is 0 Å². The van der Waals surface area contributed by atoms with E-state index in [4.69, 9.17) is 0 Å². The molecular weight excluding hydrogens is 220 g/mol. The number of nitrogens with zero attached hydrogens (tertiary/aromatic N) is 1. The second kappa shape index (κ2) is 6.64. The molecule has 0 radical (unpaired) electrons. The molecule has 3 heteroatoms. The third kappa shape index (κ3) is 3.75. The molecule has 0 aliphatic heterocycles. The van der Waals surface area contributed by atoms with E-state index in [-0.39, 0.29) is 12.4 Å². The summed E-state index contributed by atoms with van der Waals surface area (Å²) in [6.45, 7) is 0. The smallest absolute Gasteiger partial charge is 0.0930 e. The van der Waals surface area contributed by atoms with Gasteiger partial charge < -0.3 is 5.32 Å². The first-order valence-corrected chi connectivity index (χ1v) is 4.84. The van der Waals surface area contributed by atoms with Crippen LogP contribution in [0.3, 0.4) is 0 Å². The summed E-state index contributed by atoms with van der Waals surface area (Å²) < 4.78 is 0. The normalized spacial score (nSPS) is 9.75. The minimum Gasteiger partial charge on any atom is -0.346 e. The van der Waals surface area contributed by atoms with Crippen LogP contribution in [0.1, 0.15) is 0 Å². The molecule has 2 aromatic carbocycles. The van der Waals surface area contributed by atoms with E-state index in [1.807, 2.05) is 60.7 Å². The number of anilines is 1. The van der Waals surface area contributed by atoms with E-state index < -0.39 is 0 Å². The van der Waals surface area contributed by atoms with E-state index >= 15 is 0 Å². The van der Waals surface area contributed by atoms with Crippen molar-refractivity contribution >= 4 is 30.1 Å². The summed E-state index contributed by atoms with van der Waals surface area (Å²) in [6.07, 6.45) is 1.70. The Morgan fingerprint density at radius 1 is 0.812 bits per heavy atom. The highest BCUT2D eigenvalue weighted by Gasteiger charge is 1.85. The molecule has 0 saturated carbocycles. The Bertz CT molecular complexity index is 426. The van der Waals surface area contributed by atoms with Crippen molar-refractivity contribution in [1.29, 1.82) is 0 Å². The largest absolute Gasteiger partial charge is 0.346 e. The predicted octanol–water partition coefficient (Wildman–Crippen LogP) is 3.88. The summed E-state index contributed by atoms with van der Waals surface area (Å²) in [6, 6.07) is 19.8. The van der Waals surface area contributed by atoms with Crippen LogP contribution in [0.25, 0.3) is 0 Å². The first-order chi connectivity index (χ1) is 7.45. The van der Waals surface area contributed by atoms with Gasteiger partial charge in [-0.3, -0.25) is 0 Å². The average molecular weight is 233 g/mol. The number of rotatable bonds is 3. The number of para-hydroxylation sites is 2. The maximum Gasteiger partial charge on any atom is 0.0930 e. The van der Waals surface area contributed by atoms with Crippen molar-refractivity contribution in [2.24, 2.45) is 4.99 Å². The molecule has 0 atom stereocenters. The van der Waals surface area contributed by atoms with Gasteiger partial charge in [-0.05, 0) is 24.3 Å². The zero-order chi connectivity index (χ0) is 10.3. The fourth-order valence-electron chi connectivity index (χ4n) is 1.23. The number of aliphatic imine (C=N–C) groups is 1. The molecule has 0 aliphatic rings. The topological polar surface area (TPSA) is 24.4 Å². The molecule has 2 aromatic rings. The molecular formula is C13H13ClN2. The summed E-state index contributed by atoms with van der Waals surface area (Å²) in [5.41, 5.74) is 1.98. The van der Waals surface area contributed by atoms with Crippen molar-refractivity contribution in [2.75, 3.05) is 5.32 Å². The third-order valence-corrected chi connectivity index (χ3v) is 1.97. The molecule has 0 heterocycles. The minimum atomic E-state index is 0. The molecule has 16 heavy (non-hydrogen) atoms. The standard InChI is InChI=1S/C13H12N2.ClH/c1-3-7-12(8-4-1)14-11-15-13-9-5-2-6-10-13;/h1-11H,(H,14,15);1H. The Labute approximate surface area is 101 Å². The van der Waals surface area contributed by atoms with Crippen LogP contribution < -0.4 is 5.32 Å². The molecule has 0 unspecified atom stereocenters. The SMILES string of the molecule is C(=Nc1ccccc1)Nc1ccccc1.Cl. The van der Waals surface area contributed by atoms with Gasteiger partial charge in [0.05, 0.1) is 12.0 Å². The lowest BCUT2D eigenvalue weighted by Gasteiger charge is -1.98. The molecule has 0 bridgehead atoms. The van der Waals surface area contributed by atoms with E-state index in [9.17, 15) is 0 Å². The van der Waals surface area contributed by atoms with Crippen molar-refractivity contribution in [2.45, 2.75) is 0 Å². The zero-order valence-corrected chi connectivity index (χ0v) is 9.52. The third-order valence-electron chi connectivity index (χ3n) is 1.97. The van der Waals surface area contributed by atoms with E-state index in [0.29, 0.717) is 0 Å². The van der Waals surface area contributed by atoms with Gasteiger partial charge in [-0.15, -0.1) is 12.4 Å². The van der Waals surface area contributed by atoms with Gasteiger partial charge >= 0.3 is 0 Å². The zero-order valence-electron chi connectivity index (χ0n) is 8.71. The van der Waals surface area contributed by atoms with E-state index in [1.54, 1.807) is 6.34 Å². The fourth-order valence-corrected chi connectivity index (χ4v) is 1.23. The molecule has 0 aromatic heterocycles. The minimum absolute atomic E-state index is 0. The first-order valence-electron chi connectivity index (χ1n) is 4.84. The van der Waals surface area contributed by atoms with Crippen molar-refractivity contribution in [3.63, 3.8) is 0 Å². The summed E-state index contributed by atoms with van der Waals surface area (Å²) in [5, 5.41) is 3.10. The number of hydrogen-bond acceptors (Lipinski definition) is 1. The highest BCUT2D eigenvalue weighted by molar-refractivity contribution is 5.85. The highest BCUT2D eigenvalue weighted by atomic mass is 35.5. The Morgan fingerprint density at radius 2 is 1.38 bits per heavy atom. The Kier molecular flexibility index (Phi) is 5.09. The molecule has 1 N–H and O–H groups in total. The second-order valence-electron chi connectivity index (χ2n) is 3.10. The number of hydrogen-bond donors (Lipinski definition) is 1. The van der Waals surface area contributed by atoms with Gasteiger partial charge in [0.2, 0.25) is 0 Å². The monoisotopic (exact) mass is 232 g/mol. The van der Waals surface area contributed by atoms with Crippen LogP contribution in [0.5, 0.6) is 0 Å². The van der Waals surface area contributed by atoms with Crippen molar-refractivity contribution < 1.29 is 0 Å². The lowest BCUT2D eigenvalue weighted by Crippen LogP contribution is -1.92. The van der Waals surface area contributed by atoms with Crippen molar-refractivity contribution in [3.05, 3.63) is 60.7 Å². The molecule has 0 amide bonds. The van der Waals surface area contributed by atoms with Gasteiger partial charge in [-0.25, -0.2) is 4.99 Å². The molecule has 0 aliphatic carbocycles. The Morgan fingerprint density at radius 3 is 2.00 bits per heavy atom. The van der Waals surface area contributed by atoms with Gasteiger partial charge in [0.15, 0.2) is 0 Å². The second-order valence-corrected chi connectivity index (χ2v) is 3.10. The van der Waals surface area contributed by atoms with Crippen molar-refractivity contribution in [1.82, 2.24) is 0 Å². The van der Waals surface area contributed by atoms with Crippen LogP contribution in [0.2, 0.25) is 0 Å². The fraction of sp³-hybridized carbons (Fsp3) is 0. The lowest BCUT2D eigenvalue weighted by atomic mass is 10.3. The lowest BCUT2D eigenvalue weighted by molar-refractivity contribution is 1.52. The van der Waals surface area contributed by atoms with Crippen LogP contribution in [0.4, 0.5) is 11.4 Å². The Hall–Kier alpha value is -1.80. The summed E-state index contributed by atoms with van der Waals surface area (Å²) in [7, 11) is 0.